The van der Waals surface area contributed by atoms with Gasteiger partial charge in [0.15, 0.2) is 6.10 Å². The first kappa shape index (κ1) is 18.3. The minimum absolute atomic E-state index is 0.0487. The molecule has 1 aliphatic rings. The van der Waals surface area contributed by atoms with E-state index < -0.39 is 12.1 Å². The van der Waals surface area contributed by atoms with Crippen LogP contribution in [0.3, 0.4) is 0 Å². The highest BCUT2D eigenvalue weighted by atomic mass is 16.5. The van der Waals surface area contributed by atoms with Gasteiger partial charge in [-0.15, -0.1) is 0 Å². The maximum atomic E-state index is 12.2. The average Bonchev–Trinajstić information content (AvgIpc) is 2.92. The van der Waals surface area contributed by atoms with Crippen LogP contribution in [0.1, 0.15) is 55.2 Å². The second kappa shape index (κ2) is 8.71. The van der Waals surface area contributed by atoms with Crippen molar-refractivity contribution in [3.05, 3.63) is 28.8 Å². The van der Waals surface area contributed by atoms with Crippen LogP contribution in [-0.4, -0.2) is 29.6 Å². The van der Waals surface area contributed by atoms with Gasteiger partial charge in [-0.25, -0.2) is 0 Å². The summed E-state index contributed by atoms with van der Waals surface area (Å²) in [6, 6.07) is 4.12. The molecule has 132 valence electrons. The first-order valence-electron chi connectivity index (χ1n) is 8.73. The Kier molecular flexibility index (Phi) is 6.64. The number of fused-ring (bicyclic) bond motifs is 1. The summed E-state index contributed by atoms with van der Waals surface area (Å²) in [5.74, 6) is 0.0503. The van der Waals surface area contributed by atoms with Crippen molar-refractivity contribution in [2.75, 3.05) is 6.54 Å². The summed E-state index contributed by atoms with van der Waals surface area (Å²) >= 11 is 0. The molecule has 2 N–H and O–H groups in total. The highest BCUT2D eigenvalue weighted by Gasteiger charge is 2.29. The third-order valence-electron chi connectivity index (χ3n) is 4.51. The smallest absolute Gasteiger partial charge is 0.303 e. The van der Waals surface area contributed by atoms with E-state index in [0.29, 0.717) is 13.0 Å². The number of aryl methyl sites for hydroxylation is 2. The molecular formula is C19H27NO4. The molecule has 1 aliphatic heterocycles. The summed E-state index contributed by atoms with van der Waals surface area (Å²) in [7, 11) is 0. The third kappa shape index (κ3) is 5.25. The van der Waals surface area contributed by atoms with Crippen molar-refractivity contribution in [1.82, 2.24) is 5.32 Å². The zero-order chi connectivity index (χ0) is 17.5. The highest BCUT2D eigenvalue weighted by Crippen LogP contribution is 2.31. The fraction of sp³-hybridized carbons (Fsp3) is 0.579. The van der Waals surface area contributed by atoms with Crippen LogP contribution < -0.4 is 10.1 Å². The number of carboxylic acid groups (broad SMARTS) is 1. The molecule has 1 heterocycles. The number of carboxylic acids is 1. The fourth-order valence-electron chi connectivity index (χ4n) is 2.92. The number of hydrogen-bond acceptors (Lipinski definition) is 3. The minimum atomic E-state index is -0.731. The molecule has 1 atom stereocenters. The van der Waals surface area contributed by atoms with E-state index in [1.807, 2.05) is 13.0 Å². The van der Waals surface area contributed by atoms with Gasteiger partial charge in [0.1, 0.15) is 5.75 Å². The topological polar surface area (TPSA) is 75.6 Å². The number of hydrogen-bond donors (Lipinski definition) is 2. The van der Waals surface area contributed by atoms with Gasteiger partial charge in [-0.1, -0.05) is 25.3 Å². The number of amides is 1. The van der Waals surface area contributed by atoms with Crippen LogP contribution in [0.15, 0.2) is 12.1 Å². The number of ether oxygens (including phenoxy) is 1. The maximum Gasteiger partial charge on any atom is 0.303 e. The molecule has 0 radical (unpaired) electrons. The van der Waals surface area contributed by atoms with E-state index in [1.54, 1.807) is 0 Å². The molecule has 2 rings (SSSR count). The van der Waals surface area contributed by atoms with Crippen LogP contribution in [0.2, 0.25) is 0 Å². The average molecular weight is 333 g/mol. The summed E-state index contributed by atoms with van der Waals surface area (Å²) in [5, 5.41) is 11.5. The van der Waals surface area contributed by atoms with Gasteiger partial charge in [0.05, 0.1) is 0 Å². The summed E-state index contributed by atoms with van der Waals surface area (Å²) in [5.41, 5.74) is 3.51. The molecule has 1 aromatic rings. The monoisotopic (exact) mass is 333 g/mol. The van der Waals surface area contributed by atoms with Gasteiger partial charge in [0.2, 0.25) is 0 Å². The summed E-state index contributed by atoms with van der Waals surface area (Å²) in [6.07, 6.45) is 5.05. The van der Waals surface area contributed by atoms with Crippen LogP contribution in [-0.2, 0) is 16.0 Å². The molecule has 5 nitrogen and oxygen atoms in total. The Hall–Kier alpha value is -2.04. The van der Waals surface area contributed by atoms with Gasteiger partial charge in [0.25, 0.3) is 5.91 Å². The molecule has 0 saturated carbocycles. The molecule has 1 amide bonds. The minimum Gasteiger partial charge on any atom is -0.481 e. The lowest BCUT2D eigenvalue weighted by Gasteiger charge is -2.11. The molecule has 0 bridgehead atoms. The van der Waals surface area contributed by atoms with Gasteiger partial charge < -0.3 is 15.2 Å². The van der Waals surface area contributed by atoms with Gasteiger partial charge in [-0.3, -0.25) is 9.59 Å². The molecule has 24 heavy (non-hydrogen) atoms. The number of carbonyl (C=O) groups is 2. The lowest BCUT2D eigenvalue weighted by atomic mass is 10.0. The molecule has 0 spiro atoms. The molecule has 5 heteroatoms. The van der Waals surface area contributed by atoms with E-state index in [1.165, 1.54) is 11.1 Å². The first-order chi connectivity index (χ1) is 11.5. The van der Waals surface area contributed by atoms with Crippen LogP contribution in [0.4, 0.5) is 0 Å². The predicted octanol–water partition coefficient (Wildman–Crippen LogP) is 3.15. The number of nitrogens with one attached hydrogen (secondary N) is 1. The van der Waals surface area contributed by atoms with Gasteiger partial charge in [-0.2, -0.15) is 0 Å². The van der Waals surface area contributed by atoms with E-state index in [4.69, 9.17) is 9.84 Å². The van der Waals surface area contributed by atoms with Crippen molar-refractivity contribution in [1.29, 1.82) is 0 Å². The summed E-state index contributed by atoms with van der Waals surface area (Å²) in [6.45, 7) is 4.76. The van der Waals surface area contributed by atoms with Crippen molar-refractivity contribution >= 4 is 11.9 Å². The molecule has 0 aliphatic carbocycles. The third-order valence-corrected chi connectivity index (χ3v) is 4.51. The normalized spacial score (nSPS) is 15.7. The Morgan fingerprint density at radius 1 is 1.12 bits per heavy atom. The molecule has 1 unspecified atom stereocenters. The van der Waals surface area contributed by atoms with Crippen molar-refractivity contribution in [2.45, 2.75) is 64.9 Å². The maximum absolute atomic E-state index is 12.2. The molecule has 0 saturated heterocycles. The van der Waals surface area contributed by atoms with E-state index in [-0.39, 0.29) is 12.3 Å². The zero-order valence-electron chi connectivity index (χ0n) is 14.6. The fourth-order valence-corrected chi connectivity index (χ4v) is 2.92. The Balaban J connectivity index is 1.62. The first-order valence-corrected chi connectivity index (χ1v) is 8.73. The standard InChI is InChI=1S/C19H27NO4/c1-13-10-15-12-17(24-16(15)11-14(13)2)19(23)20-9-7-5-3-4-6-8-18(21)22/h10-11,17H,3-9,12H2,1-2H3,(H,20,23)(H,21,22). The van der Waals surface area contributed by atoms with Crippen molar-refractivity contribution in [3.8, 4) is 5.75 Å². The lowest BCUT2D eigenvalue weighted by molar-refractivity contribution is -0.137. The van der Waals surface area contributed by atoms with E-state index in [0.717, 1.165) is 43.4 Å². The SMILES string of the molecule is Cc1cc2c(cc1C)OC(C(=O)NCCCCCCCC(=O)O)C2. The van der Waals surface area contributed by atoms with Crippen LogP contribution in [0.5, 0.6) is 5.75 Å². The van der Waals surface area contributed by atoms with E-state index in [2.05, 4.69) is 18.3 Å². The molecular weight excluding hydrogens is 306 g/mol. The number of unbranched alkanes of at least 4 members (excludes halogenated alkanes) is 4. The number of rotatable bonds is 9. The second-order valence-electron chi connectivity index (χ2n) is 6.56. The summed E-state index contributed by atoms with van der Waals surface area (Å²) in [4.78, 5) is 22.6. The largest absolute Gasteiger partial charge is 0.481 e. The van der Waals surface area contributed by atoms with Crippen molar-refractivity contribution in [2.24, 2.45) is 0 Å². The molecule has 0 aromatic heterocycles. The molecule has 0 fully saturated rings. The van der Waals surface area contributed by atoms with Gasteiger partial charge in [-0.05, 0) is 49.4 Å². The van der Waals surface area contributed by atoms with Crippen molar-refractivity contribution < 1.29 is 19.4 Å². The molecule has 1 aromatic carbocycles. The Labute approximate surface area is 143 Å². The predicted molar refractivity (Wildman–Crippen MR) is 92.4 cm³/mol. The quantitative estimate of drug-likeness (QED) is 0.681. The summed E-state index contributed by atoms with van der Waals surface area (Å²) < 4.78 is 5.77. The van der Waals surface area contributed by atoms with Crippen LogP contribution in [0.25, 0.3) is 0 Å². The van der Waals surface area contributed by atoms with E-state index >= 15 is 0 Å². The van der Waals surface area contributed by atoms with Crippen molar-refractivity contribution in [3.63, 3.8) is 0 Å². The Morgan fingerprint density at radius 2 is 1.79 bits per heavy atom. The van der Waals surface area contributed by atoms with E-state index in [9.17, 15) is 9.59 Å². The van der Waals surface area contributed by atoms with Crippen LogP contribution in [0, 0.1) is 13.8 Å². The van der Waals surface area contributed by atoms with Crippen LogP contribution >= 0.6 is 0 Å². The number of benzene rings is 1. The van der Waals surface area contributed by atoms with Gasteiger partial charge >= 0.3 is 5.97 Å². The highest BCUT2D eigenvalue weighted by molar-refractivity contribution is 5.82. The second-order valence-corrected chi connectivity index (χ2v) is 6.56. The lowest BCUT2D eigenvalue weighted by Crippen LogP contribution is -2.37. The van der Waals surface area contributed by atoms with Gasteiger partial charge in [0, 0.05) is 19.4 Å². The Bertz CT molecular complexity index is 566. The zero-order valence-corrected chi connectivity index (χ0v) is 14.6. The number of aliphatic carboxylic acids is 1. The number of carbonyl (C=O) groups excluding carboxylic acids is 1. The Morgan fingerprint density at radius 3 is 2.54 bits per heavy atom.